The van der Waals surface area contributed by atoms with E-state index in [9.17, 15) is 4.39 Å². The van der Waals surface area contributed by atoms with Crippen LogP contribution in [0.5, 0.6) is 5.75 Å². The maximum Gasteiger partial charge on any atom is 0.127 e. The standard InChI is InChI=1S/C18H18FN3O/c1-21-10-14-9-15(5-6-16(14)19)23-11-12-2-3-13-4-7-18(20)22-17(13)8-12/h2-9,21H,10-11H2,1H3,(H2,20,22). The molecule has 0 amide bonds. The second-order valence-corrected chi connectivity index (χ2v) is 5.34. The van der Waals surface area contributed by atoms with Crippen LogP contribution in [0.15, 0.2) is 48.5 Å². The van der Waals surface area contributed by atoms with Crippen molar-refractivity contribution in [1.29, 1.82) is 0 Å². The lowest BCUT2D eigenvalue weighted by Gasteiger charge is -2.10. The lowest BCUT2D eigenvalue weighted by Crippen LogP contribution is -2.07. The molecule has 0 bridgehead atoms. The summed E-state index contributed by atoms with van der Waals surface area (Å²) in [6, 6.07) is 14.4. The number of hydrogen-bond acceptors (Lipinski definition) is 4. The van der Waals surface area contributed by atoms with Gasteiger partial charge in [-0.3, -0.25) is 0 Å². The first-order chi connectivity index (χ1) is 11.2. The fourth-order valence-electron chi connectivity index (χ4n) is 2.40. The summed E-state index contributed by atoms with van der Waals surface area (Å²) in [5.41, 5.74) is 8.11. The maximum absolute atomic E-state index is 13.6. The van der Waals surface area contributed by atoms with E-state index in [4.69, 9.17) is 10.5 Å². The number of fused-ring (bicyclic) bond motifs is 1. The molecule has 0 atom stereocenters. The molecular formula is C18H18FN3O. The van der Waals surface area contributed by atoms with E-state index in [0.29, 0.717) is 30.3 Å². The van der Waals surface area contributed by atoms with Gasteiger partial charge in [-0.05, 0) is 49.0 Å². The van der Waals surface area contributed by atoms with Crippen LogP contribution in [0.25, 0.3) is 10.9 Å². The molecule has 4 nitrogen and oxygen atoms in total. The van der Waals surface area contributed by atoms with E-state index < -0.39 is 0 Å². The van der Waals surface area contributed by atoms with Crippen LogP contribution in [0.1, 0.15) is 11.1 Å². The van der Waals surface area contributed by atoms with Crippen molar-refractivity contribution in [3.63, 3.8) is 0 Å². The lowest BCUT2D eigenvalue weighted by atomic mass is 10.1. The van der Waals surface area contributed by atoms with E-state index in [2.05, 4.69) is 10.3 Å². The number of benzene rings is 2. The van der Waals surface area contributed by atoms with Crippen LogP contribution in [-0.2, 0) is 13.2 Å². The highest BCUT2D eigenvalue weighted by atomic mass is 19.1. The molecule has 3 N–H and O–H groups in total. The molecule has 2 aromatic carbocycles. The summed E-state index contributed by atoms with van der Waals surface area (Å²) in [6.45, 7) is 0.846. The van der Waals surface area contributed by atoms with Crippen molar-refractivity contribution in [2.45, 2.75) is 13.2 Å². The van der Waals surface area contributed by atoms with Crippen LogP contribution < -0.4 is 15.8 Å². The molecule has 0 aliphatic heterocycles. The number of aromatic nitrogens is 1. The lowest BCUT2D eigenvalue weighted by molar-refractivity contribution is 0.305. The van der Waals surface area contributed by atoms with Gasteiger partial charge < -0.3 is 15.8 Å². The minimum Gasteiger partial charge on any atom is -0.489 e. The third-order valence-electron chi connectivity index (χ3n) is 3.57. The van der Waals surface area contributed by atoms with Crippen molar-refractivity contribution < 1.29 is 9.13 Å². The summed E-state index contributed by atoms with van der Waals surface area (Å²) in [6.07, 6.45) is 0. The molecule has 0 aliphatic rings. The number of rotatable bonds is 5. The van der Waals surface area contributed by atoms with Crippen molar-refractivity contribution in [2.75, 3.05) is 12.8 Å². The number of anilines is 1. The van der Waals surface area contributed by atoms with E-state index in [1.807, 2.05) is 24.3 Å². The fourth-order valence-corrected chi connectivity index (χ4v) is 2.40. The average Bonchev–Trinajstić information content (AvgIpc) is 2.55. The van der Waals surface area contributed by atoms with Crippen molar-refractivity contribution in [1.82, 2.24) is 10.3 Å². The van der Waals surface area contributed by atoms with Gasteiger partial charge in [0.15, 0.2) is 0 Å². The first kappa shape index (κ1) is 15.2. The zero-order chi connectivity index (χ0) is 16.2. The quantitative estimate of drug-likeness (QED) is 0.759. The molecule has 1 aromatic heterocycles. The zero-order valence-corrected chi connectivity index (χ0v) is 12.8. The normalized spacial score (nSPS) is 10.9. The number of halogens is 1. The van der Waals surface area contributed by atoms with Crippen molar-refractivity contribution in [3.05, 3.63) is 65.5 Å². The smallest absolute Gasteiger partial charge is 0.127 e. The molecule has 23 heavy (non-hydrogen) atoms. The number of ether oxygens (including phenoxy) is 1. The minimum atomic E-state index is -0.239. The Labute approximate surface area is 134 Å². The summed E-state index contributed by atoms with van der Waals surface area (Å²) in [5.74, 6) is 0.889. The largest absolute Gasteiger partial charge is 0.489 e. The Bertz CT molecular complexity index is 836. The number of nitrogens with two attached hydrogens (primary N) is 1. The fraction of sp³-hybridized carbons (Fsp3) is 0.167. The van der Waals surface area contributed by atoms with Crippen LogP contribution in [0.4, 0.5) is 10.2 Å². The average molecular weight is 311 g/mol. The number of nitrogen functional groups attached to an aromatic ring is 1. The zero-order valence-electron chi connectivity index (χ0n) is 12.8. The molecule has 3 rings (SSSR count). The Balaban J connectivity index is 1.76. The van der Waals surface area contributed by atoms with Crippen molar-refractivity contribution in [2.24, 2.45) is 0 Å². The highest BCUT2D eigenvalue weighted by molar-refractivity contribution is 5.80. The number of hydrogen-bond donors (Lipinski definition) is 2. The highest BCUT2D eigenvalue weighted by Crippen LogP contribution is 2.20. The van der Waals surface area contributed by atoms with E-state index in [-0.39, 0.29) is 5.82 Å². The molecule has 0 saturated heterocycles. The summed E-state index contributed by atoms with van der Waals surface area (Å²) >= 11 is 0. The van der Waals surface area contributed by atoms with Crippen LogP contribution in [0, 0.1) is 5.82 Å². The molecule has 118 valence electrons. The van der Waals surface area contributed by atoms with E-state index in [1.54, 1.807) is 25.2 Å². The molecule has 0 aliphatic carbocycles. The molecular weight excluding hydrogens is 293 g/mol. The van der Waals surface area contributed by atoms with Gasteiger partial charge in [0.05, 0.1) is 5.52 Å². The third-order valence-corrected chi connectivity index (χ3v) is 3.57. The second-order valence-electron chi connectivity index (χ2n) is 5.34. The predicted octanol–water partition coefficient (Wildman–Crippen LogP) is 3.25. The van der Waals surface area contributed by atoms with Gasteiger partial charge in [0, 0.05) is 17.5 Å². The van der Waals surface area contributed by atoms with E-state index in [0.717, 1.165) is 16.5 Å². The Morgan fingerprint density at radius 2 is 1.96 bits per heavy atom. The molecule has 5 heteroatoms. The summed E-state index contributed by atoms with van der Waals surface area (Å²) in [7, 11) is 1.78. The van der Waals surface area contributed by atoms with Crippen molar-refractivity contribution in [3.8, 4) is 5.75 Å². The summed E-state index contributed by atoms with van der Waals surface area (Å²) in [4.78, 5) is 4.31. The van der Waals surface area contributed by atoms with Crippen LogP contribution in [-0.4, -0.2) is 12.0 Å². The molecule has 0 unspecified atom stereocenters. The topological polar surface area (TPSA) is 60.2 Å². The summed E-state index contributed by atoms with van der Waals surface area (Å²) in [5, 5.41) is 3.96. The van der Waals surface area contributed by atoms with Crippen LogP contribution >= 0.6 is 0 Å². The molecule has 3 aromatic rings. The van der Waals surface area contributed by atoms with Gasteiger partial charge >= 0.3 is 0 Å². The van der Waals surface area contributed by atoms with Crippen LogP contribution in [0.2, 0.25) is 0 Å². The van der Waals surface area contributed by atoms with E-state index in [1.165, 1.54) is 6.07 Å². The Morgan fingerprint density at radius 1 is 1.13 bits per heavy atom. The van der Waals surface area contributed by atoms with Gasteiger partial charge in [0.2, 0.25) is 0 Å². The summed E-state index contributed by atoms with van der Waals surface area (Å²) < 4.78 is 19.4. The SMILES string of the molecule is CNCc1cc(OCc2ccc3ccc(N)nc3c2)ccc1F. The molecule has 0 fully saturated rings. The Hall–Kier alpha value is -2.66. The van der Waals surface area contributed by atoms with E-state index >= 15 is 0 Å². The number of pyridine rings is 1. The van der Waals surface area contributed by atoms with Gasteiger partial charge in [-0.1, -0.05) is 12.1 Å². The monoisotopic (exact) mass is 311 g/mol. The predicted molar refractivity (Wildman–Crippen MR) is 89.7 cm³/mol. The first-order valence-electron chi connectivity index (χ1n) is 7.37. The second kappa shape index (κ2) is 6.62. The molecule has 0 saturated carbocycles. The Kier molecular flexibility index (Phi) is 4.39. The van der Waals surface area contributed by atoms with Gasteiger partial charge in [-0.15, -0.1) is 0 Å². The third kappa shape index (κ3) is 3.57. The van der Waals surface area contributed by atoms with Gasteiger partial charge in [0.25, 0.3) is 0 Å². The first-order valence-corrected chi connectivity index (χ1v) is 7.37. The van der Waals surface area contributed by atoms with Crippen LogP contribution in [0.3, 0.4) is 0 Å². The van der Waals surface area contributed by atoms with Gasteiger partial charge in [-0.2, -0.15) is 0 Å². The van der Waals surface area contributed by atoms with Gasteiger partial charge in [0.1, 0.15) is 24.0 Å². The minimum absolute atomic E-state index is 0.239. The Morgan fingerprint density at radius 3 is 2.78 bits per heavy atom. The molecule has 1 heterocycles. The molecule has 0 radical (unpaired) electrons. The highest BCUT2D eigenvalue weighted by Gasteiger charge is 2.05. The van der Waals surface area contributed by atoms with Gasteiger partial charge in [-0.25, -0.2) is 9.37 Å². The number of nitrogens with zero attached hydrogens (tertiary/aromatic N) is 1. The number of nitrogens with one attached hydrogen (secondary N) is 1. The molecule has 0 spiro atoms. The van der Waals surface area contributed by atoms with Crippen molar-refractivity contribution >= 4 is 16.7 Å². The maximum atomic E-state index is 13.6.